The smallest absolute Gasteiger partial charge is 0.243 e. The molecule has 5 nitrogen and oxygen atoms in total. The third-order valence-corrected chi connectivity index (χ3v) is 5.48. The van der Waals surface area contributed by atoms with Gasteiger partial charge in [-0.1, -0.05) is 38.0 Å². The molecule has 1 saturated heterocycles. The summed E-state index contributed by atoms with van der Waals surface area (Å²) in [6, 6.07) is 0.481. The zero-order valence-electron chi connectivity index (χ0n) is 12.5. The summed E-state index contributed by atoms with van der Waals surface area (Å²) in [7, 11) is 0. The van der Waals surface area contributed by atoms with Gasteiger partial charge in [-0.25, -0.2) is 0 Å². The maximum Gasteiger partial charge on any atom is 0.243 e. The quantitative estimate of drug-likeness (QED) is 0.894. The van der Waals surface area contributed by atoms with E-state index in [1.54, 1.807) is 0 Å². The van der Waals surface area contributed by atoms with E-state index in [4.69, 9.17) is 0 Å². The van der Waals surface area contributed by atoms with E-state index in [1.165, 1.54) is 37.0 Å². The zero-order chi connectivity index (χ0) is 14.1. The van der Waals surface area contributed by atoms with E-state index in [0.29, 0.717) is 23.0 Å². The summed E-state index contributed by atoms with van der Waals surface area (Å²) in [6.07, 6.45) is 6.04. The topological polar surface area (TPSA) is 66.9 Å². The first-order valence-corrected chi connectivity index (χ1v) is 8.35. The molecule has 0 aromatic carbocycles. The highest BCUT2D eigenvalue weighted by atomic mass is 35.5. The van der Waals surface area contributed by atoms with Crippen LogP contribution >= 0.6 is 23.7 Å². The largest absolute Gasteiger partial charge is 0.303 e. The predicted octanol–water partition coefficient (Wildman–Crippen LogP) is 2.94. The first-order valence-electron chi connectivity index (χ1n) is 7.54. The van der Waals surface area contributed by atoms with Crippen LogP contribution in [0.25, 0.3) is 0 Å². The highest BCUT2D eigenvalue weighted by molar-refractivity contribution is 7.15. The number of anilines is 1. The number of carbonyl (C=O) groups is 1. The maximum absolute atomic E-state index is 12.3. The fourth-order valence-corrected chi connectivity index (χ4v) is 3.98. The normalized spacial score (nSPS) is 28.0. The number of hydrogen-bond donors (Lipinski definition) is 2. The maximum atomic E-state index is 12.3. The SMILES string of the molecule is CC(C)c1nnc(NC(=O)C2CC3CCCCC3N2)s1.Cl. The molecule has 0 radical (unpaired) electrons. The van der Waals surface area contributed by atoms with Gasteiger partial charge < -0.3 is 5.32 Å². The summed E-state index contributed by atoms with van der Waals surface area (Å²) >= 11 is 1.47. The molecule has 3 atom stereocenters. The Morgan fingerprint density at radius 1 is 1.33 bits per heavy atom. The Labute approximate surface area is 135 Å². The van der Waals surface area contributed by atoms with Crippen LogP contribution in [-0.4, -0.2) is 28.2 Å². The number of aromatic nitrogens is 2. The van der Waals surface area contributed by atoms with Gasteiger partial charge in [0.15, 0.2) is 0 Å². The summed E-state index contributed by atoms with van der Waals surface area (Å²) in [4.78, 5) is 12.3. The van der Waals surface area contributed by atoms with Crippen LogP contribution < -0.4 is 10.6 Å². The van der Waals surface area contributed by atoms with E-state index in [9.17, 15) is 4.79 Å². The van der Waals surface area contributed by atoms with Gasteiger partial charge in [-0.05, 0) is 25.2 Å². The number of amides is 1. The lowest BCUT2D eigenvalue weighted by molar-refractivity contribution is -0.117. The molecule has 2 N–H and O–H groups in total. The Hall–Kier alpha value is -0.720. The molecule has 1 saturated carbocycles. The van der Waals surface area contributed by atoms with E-state index in [1.807, 2.05) is 0 Å². The van der Waals surface area contributed by atoms with Gasteiger partial charge in [0.25, 0.3) is 0 Å². The van der Waals surface area contributed by atoms with E-state index in [-0.39, 0.29) is 24.4 Å². The minimum Gasteiger partial charge on any atom is -0.303 e. The van der Waals surface area contributed by atoms with Gasteiger partial charge in [-0.15, -0.1) is 22.6 Å². The lowest BCUT2D eigenvalue weighted by Gasteiger charge is -2.24. The third kappa shape index (κ3) is 3.73. The predicted molar refractivity (Wildman–Crippen MR) is 87.2 cm³/mol. The fraction of sp³-hybridized carbons (Fsp3) is 0.786. The molecule has 1 amide bonds. The second kappa shape index (κ2) is 7.03. The Morgan fingerprint density at radius 3 is 2.76 bits per heavy atom. The molecule has 1 aromatic rings. The molecule has 2 heterocycles. The highest BCUT2D eigenvalue weighted by Crippen LogP contribution is 2.33. The van der Waals surface area contributed by atoms with Crippen LogP contribution in [0.4, 0.5) is 5.13 Å². The number of hydrogen-bond acceptors (Lipinski definition) is 5. The molecule has 2 aliphatic rings. The first kappa shape index (κ1) is 16.6. The minimum absolute atomic E-state index is 0. The van der Waals surface area contributed by atoms with Crippen molar-refractivity contribution < 1.29 is 4.79 Å². The summed E-state index contributed by atoms with van der Waals surface area (Å²) in [5, 5.41) is 16.1. The highest BCUT2D eigenvalue weighted by Gasteiger charge is 2.38. The van der Waals surface area contributed by atoms with E-state index in [0.717, 1.165) is 11.4 Å². The Bertz CT molecular complexity index is 479. The van der Waals surface area contributed by atoms with Crippen molar-refractivity contribution in [1.29, 1.82) is 0 Å². The molecule has 118 valence electrons. The number of halogens is 1. The van der Waals surface area contributed by atoms with Crippen LogP contribution in [0.3, 0.4) is 0 Å². The third-order valence-electron chi connectivity index (χ3n) is 4.34. The molecule has 3 unspecified atom stereocenters. The van der Waals surface area contributed by atoms with Gasteiger partial charge in [0.05, 0.1) is 6.04 Å². The van der Waals surface area contributed by atoms with Crippen molar-refractivity contribution in [2.75, 3.05) is 5.32 Å². The molecule has 21 heavy (non-hydrogen) atoms. The van der Waals surface area contributed by atoms with Gasteiger partial charge >= 0.3 is 0 Å². The van der Waals surface area contributed by atoms with Crippen LogP contribution in [0.2, 0.25) is 0 Å². The lowest BCUT2D eigenvalue weighted by atomic mass is 9.85. The second-order valence-electron chi connectivity index (χ2n) is 6.20. The Balaban J connectivity index is 0.00000161. The second-order valence-corrected chi connectivity index (χ2v) is 7.20. The van der Waals surface area contributed by atoms with Gasteiger partial charge in [0, 0.05) is 12.0 Å². The van der Waals surface area contributed by atoms with Crippen molar-refractivity contribution in [3.63, 3.8) is 0 Å². The molecule has 0 bridgehead atoms. The Morgan fingerprint density at radius 2 is 2.10 bits per heavy atom. The number of nitrogens with zero attached hydrogens (tertiary/aromatic N) is 2. The van der Waals surface area contributed by atoms with Crippen molar-refractivity contribution in [3.8, 4) is 0 Å². The first-order chi connectivity index (χ1) is 9.63. The van der Waals surface area contributed by atoms with Crippen molar-refractivity contribution in [3.05, 3.63) is 5.01 Å². The van der Waals surface area contributed by atoms with Crippen LogP contribution in [0.15, 0.2) is 0 Å². The lowest BCUT2D eigenvalue weighted by Crippen LogP contribution is -2.39. The monoisotopic (exact) mass is 330 g/mol. The van der Waals surface area contributed by atoms with Crippen molar-refractivity contribution in [2.45, 2.75) is 64.0 Å². The number of carbonyl (C=O) groups excluding carboxylic acids is 1. The van der Waals surface area contributed by atoms with E-state index < -0.39 is 0 Å². The molecule has 1 aliphatic heterocycles. The van der Waals surface area contributed by atoms with Crippen LogP contribution in [0, 0.1) is 5.92 Å². The van der Waals surface area contributed by atoms with Gasteiger partial charge in [-0.2, -0.15) is 0 Å². The van der Waals surface area contributed by atoms with Crippen LogP contribution in [0.5, 0.6) is 0 Å². The van der Waals surface area contributed by atoms with Crippen LogP contribution in [-0.2, 0) is 4.79 Å². The molecule has 1 aliphatic carbocycles. The van der Waals surface area contributed by atoms with E-state index >= 15 is 0 Å². The number of rotatable bonds is 3. The Kier molecular flexibility index (Phi) is 5.57. The standard InChI is InChI=1S/C14H22N4OS.ClH/c1-8(2)13-17-18-14(20-13)16-12(19)11-7-9-5-3-4-6-10(9)15-11;/h8-11,15H,3-7H2,1-2H3,(H,16,18,19);1H. The summed E-state index contributed by atoms with van der Waals surface area (Å²) in [6.45, 7) is 4.16. The van der Waals surface area contributed by atoms with E-state index in [2.05, 4.69) is 34.7 Å². The van der Waals surface area contributed by atoms with Gasteiger partial charge in [0.2, 0.25) is 11.0 Å². The molecule has 1 aromatic heterocycles. The van der Waals surface area contributed by atoms with Crippen molar-refractivity contribution >= 4 is 34.8 Å². The zero-order valence-corrected chi connectivity index (χ0v) is 14.1. The summed E-state index contributed by atoms with van der Waals surface area (Å²) in [5.74, 6) is 1.08. The fourth-order valence-electron chi connectivity index (χ4n) is 3.23. The average Bonchev–Trinajstić information content (AvgIpc) is 3.04. The van der Waals surface area contributed by atoms with Crippen LogP contribution in [0.1, 0.15) is 56.9 Å². The summed E-state index contributed by atoms with van der Waals surface area (Å²) in [5.41, 5.74) is 0. The van der Waals surface area contributed by atoms with Crippen molar-refractivity contribution in [2.24, 2.45) is 5.92 Å². The molecule has 2 fully saturated rings. The molecule has 3 rings (SSSR count). The summed E-state index contributed by atoms with van der Waals surface area (Å²) < 4.78 is 0. The number of nitrogens with one attached hydrogen (secondary N) is 2. The minimum atomic E-state index is -0.0606. The van der Waals surface area contributed by atoms with Gasteiger partial charge in [0.1, 0.15) is 5.01 Å². The molecule has 0 spiro atoms. The molecule has 7 heteroatoms. The molecular formula is C14H23ClN4OS. The number of fused-ring (bicyclic) bond motifs is 1. The molecular weight excluding hydrogens is 308 g/mol. The van der Waals surface area contributed by atoms with Gasteiger partial charge in [-0.3, -0.25) is 10.1 Å². The van der Waals surface area contributed by atoms with Crippen molar-refractivity contribution in [1.82, 2.24) is 15.5 Å². The average molecular weight is 331 g/mol.